The molecule has 1 N–H and O–H groups in total. The van der Waals surface area contributed by atoms with Crippen LogP contribution in [0.2, 0.25) is 0 Å². The average Bonchev–Trinajstić information content (AvgIpc) is 3.58. The lowest BCUT2D eigenvalue weighted by Gasteiger charge is -2.32. The van der Waals surface area contributed by atoms with Gasteiger partial charge in [0.1, 0.15) is 37.4 Å². The zero-order valence-electron chi connectivity index (χ0n) is 25.6. The number of carboxylic acid groups (broad SMARTS) is 1. The van der Waals surface area contributed by atoms with E-state index in [-0.39, 0.29) is 36.3 Å². The number of anilines is 1. The Morgan fingerprint density at radius 1 is 1.00 bits per heavy atom. The molecule has 2 saturated heterocycles. The molecule has 1 amide bonds. The van der Waals surface area contributed by atoms with Gasteiger partial charge in [-0.2, -0.15) is 5.10 Å². The standard InChI is InChI=1S/C34H36F2N6O4/c1-22-14-25(23-5-12-41(13-6-23)32(43)18-42-21-37-20-39-42)2-3-27(22)19-46-33-29(16-28(35)17-30(33)36)26-4-9-38-31(15-26)40-10-7-24(8-11-40)34(44)45/h2-4,9,14-17,20-21,23-24H,5-8,10-13,18-19H2,1H3,(H,44,45). The first-order valence-corrected chi connectivity index (χ1v) is 15.5. The molecule has 0 bridgehead atoms. The maximum absolute atomic E-state index is 15.2. The van der Waals surface area contributed by atoms with Crippen molar-refractivity contribution in [3.8, 4) is 16.9 Å². The van der Waals surface area contributed by atoms with E-state index in [4.69, 9.17) is 4.74 Å². The lowest BCUT2D eigenvalue weighted by molar-refractivity contribution is -0.142. The number of carbonyl (C=O) groups is 2. The molecule has 2 aromatic carbocycles. The van der Waals surface area contributed by atoms with Crippen LogP contribution in [0.25, 0.3) is 11.1 Å². The summed E-state index contributed by atoms with van der Waals surface area (Å²) in [5, 5.41) is 13.3. The van der Waals surface area contributed by atoms with E-state index < -0.39 is 17.6 Å². The molecule has 0 aliphatic carbocycles. The number of carbonyl (C=O) groups excluding carboxylic acids is 1. The highest BCUT2D eigenvalue weighted by molar-refractivity contribution is 5.76. The average molecular weight is 631 g/mol. The van der Waals surface area contributed by atoms with E-state index in [0.29, 0.717) is 56.3 Å². The van der Waals surface area contributed by atoms with Gasteiger partial charge in [-0.1, -0.05) is 18.2 Å². The Bertz CT molecular complexity index is 1700. The van der Waals surface area contributed by atoms with E-state index >= 15 is 4.39 Å². The molecule has 4 aromatic rings. The Labute approximate surface area is 265 Å². The molecule has 0 radical (unpaired) electrons. The van der Waals surface area contributed by atoms with Gasteiger partial charge in [-0.3, -0.25) is 9.59 Å². The van der Waals surface area contributed by atoms with Crippen LogP contribution in [0.4, 0.5) is 14.6 Å². The summed E-state index contributed by atoms with van der Waals surface area (Å²) in [6.07, 6.45) is 7.26. The quantitative estimate of drug-likeness (QED) is 0.268. The summed E-state index contributed by atoms with van der Waals surface area (Å²) < 4.78 is 37.2. The van der Waals surface area contributed by atoms with Gasteiger partial charge in [0.05, 0.1) is 5.92 Å². The Morgan fingerprint density at radius 2 is 1.78 bits per heavy atom. The predicted octanol–water partition coefficient (Wildman–Crippen LogP) is 5.21. The van der Waals surface area contributed by atoms with Gasteiger partial charge < -0.3 is 19.6 Å². The molecule has 2 aliphatic heterocycles. The number of ether oxygens (including phenoxy) is 1. The number of benzene rings is 2. The molecule has 46 heavy (non-hydrogen) atoms. The van der Waals surface area contributed by atoms with Crippen molar-refractivity contribution in [2.24, 2.45) is 5.92 Å². The summed E-state index contributed by atoms with van der Waals surface area (Å²) in [5.74, 6) is -1.76. The van der Waals surface area contributed by atoms with Gasteiger partial charge in [-0.15, -0.1) is 0 Å². The van der Waals surface area contributed by atoms with Crippen LogP contribution in [-0.2, 0) is 22.7 Å². The summed E-state index contributed by atoms with van der Waals surface area (Å²) in [6, 6.07) is 11.7. The summed E-state index contributed by atoms with van der Waals surface area (Å²) in [4.78, 5) is 36.2. The minimum atomic E-state index is -0.796. The van der Waals surface area contributed by atoms with Crippen molar-refractivity contribution in [2.75, 3.05) is 31.1 Å². The van der Waals surface area contributed by atoms with Crippen molar-refractivity contribution in [3.05, 3.63) is 89.6 Å². The summed E-state index contributed by atoms with van der Waals surface area (Å²) in [7, 11) is 0. The number of likely N-dealkylation sites (tertiary alicyclic amines) is 1. The molecule has 0 spiro atoms. The molecule has 6 rings (SSSR count). The minimum absolute atomic E-state index is 0.0309. The Kier molecular flexibility index (Phi) is 9.23. The van der Waals surface area contributed by atoms with Crippen molar-refractivity contribution in [1.29, 1.82) is 0 Å². The van der Waals surface area contributed by atoms with E-state index in [2.05, 4.69) is 27.2 Å². The molecule has 12 heteroatoms. The number of aliphatic carboxylic acids is 1. The summed E-state index contributed by atoms with van der Waals surface area (Å²) >= 11 is 0. The molecule has 240 valence electrons. The maximum atomic E-state index is 15.2. The number of hydrogen-bond donors (Lipinski definition) is 1. The minimum Gasteiger partial charge on any atom is -0.485 e. The number of aromatic nitrogens is 4. The smallest absolute Gasteiger partial charge is 0.306 e. The number of piperidine rings is 2. The molecule has 2 fully saturated rings. The van der Waals surface area contributed by atoms with Crippen LogP contribution in [0.1, 0.15) is 48.3 Å². The molecule has 4 heterocycles. The largest absolute Gasteiger partial charge is 0.485 e. The zero-order valence-corrected chi connectivity index (χ0v) is 25.6. The van der Waals surface area contributed by atoms with Crippen LogP contribution in [0.15, 0.2) is 61.3 Å². The van der Waals surface area contributed by atoms with Crippen LogP contribution in [0.5, 0.6) is 5.75 Å². The van der Waals surface area contributed by atoms with Crippen molar-refractivity contribution >= 4 is 17.7 Å². The van der Waals surface area contributed by atoms with Gasteiger partial charge in [-0.25, -0.2) is 23.4 Å². The second kappa shape index (κ2) is 13.6. The molecule has 2 aliphatic rings. The number of carboxylic acids is 1. The topological polar surface area (TPSA) is 114 Å². The first-order valence-electron chi connectivity index (χ1n) is 15.5. The lowest BCUT2D eigenvalue weighted by Crippen LogP contribution is -2.39. The van der Waals surface area contributed by atoms with E-state index in [1.54, 1.807) is 18.3 Å². The molecular weight excluding hydrogens is 594 g/mol. The Hall–Kier alpha value is -4.87. The number of halogens is 2. The summed E-state index contributed by atoms with van der Waals surface area (Å²) in [6.45, 7) is 4.68. The van der Waals surface area contributed by atoms with Crippen molar-refractivity contribution in [2.45, 2.75) is 51.7 Å². The fraction of sp³-hybridized carbons (Fsp3) is 0.382. The molecule has 2 aromatic heterocycles. The number of rotatable bonds is 9. The molecular formula is C34H36F2N6O4. The van der Waals surface area contributed by atoms with Gasteiger partial charge in [0.25, 0.3) is 0 Å². The highest BCUT2D eigenvalue weighted by atomic mass is 19.1. The van der Waals surface area contributed by atoms with E-state index in [1.807, 2.05) is 22.8 Å². The maximum Gasteiger partial charge on any atom is 0.306 e. The molecule has 0 unspecified atom stereocenters. The number of aryl methyl sites for hydroxylation is 1. The second-order valence-corrected chi connectivity index (χ2v) is 12.0. The van der Waals surface area contributed by atoms with E-state index in [0.717, 1.165) is 30.0 Å². The van der Waals surface area contributed by atoms with Crippen molar-refractivity contribution < 1.29 is 28.2 Å². The predicted molar refractivity (Wildman–Crippen MR) is 166 cm³/mol. The van der Waals surface area contributed by atoms with Gasteiger partial charge in [0.15, 0.2) is 11.6 Å². The SMILES string of the molecule is Cc1cc(C2CCN(C(=O)Cn3cncn3)CC2)ccc1COc1c(F)cc(F)cc1-c1ccnc(N2CCC(C(=O)O)CC2)c1. The van der Waals surface area contributed by atoms with Crippen molar-refractivity contribution in [3.63, 3.8) is 0 Å². The van der Waals surface area contributed by atoms with Crippen LogP contribution in [0, 0.1) is 24.5 Å². The Morgan fingerprint density at radius 3 is 2.48 bits per heavy atom. The first kappa shape index (κ1) is 31.1. The van der Waals surface area contributed by atoms with Gasteiger partial charge in [-0.05, 0) is 79.0 Å². The fourth-order valence-electron chi connectivity index (χ4n) is 6.34. The van der Waals surface area contributed by atoms with Gasteiger partial charge >= 0.3 is 5.97 Å². The fourth-order valence-corrected chi connectivity index (χ4v) is 6.34. The van der Waals surface area contributed by atoms with Gasteiger partial charge in [0, 0.05) is 44.0 Å². The van der Waals surface area contributed by atoms with E-state index in [1.165, 1.54) is 29.0 Å². The van der Waals surface area contributed by atoms with Crippen LogP contribution >= 0.6 is 0 Å². The third kappa shape index (κ3) is 7.00. The van der Waals surface area contributed by atoms with Crippen LogP contribution in [-0.4, -0.2) is 67.8 Å². The number of hydrogen-bond acceptors (Lipinski definition) is 7. The number of amides is 1. The highest BCUT2D eigenvalue weighted by Crippen LogP contribution is 2.36. The number of nitrogens with zero attached hydrogens (tertiary/aromatic N) is 6. The van der Waals surface area contributed by atoms with Crippen LogP contribution in [0.3, 0.4) is 0 Å². The van der Waals surface area contributed by atoms with Crippen molar-refractivity contribution in [1.82, 2.24) is 24.6 Å². The van der Waals surface area contributed by atoms with Crippen LogP contribution < -0.4 is 9.64 Å². The third-order valence-corrected chi connectivity index (χ3v) is 9.05. The zero-order chi connectivity index (χ0) is 32.2. The number of pyridine rings is 1. The highest BCUT2D eigenvalue weighted by Gasteiger charge is 2.27. The summed E-state index contributed by atoms with van der Waals surface area (Å²) in [5.41, 5.74) is 3.91. The Balaban J connectivity index is 1.12. The lowest BCUT2D eigenvalue weighted by atomic mass is 9.88. The van der Waals surface area contributed by atoms with E-state index in [9.17, 15) is 19.1 Å². The third-order valence-electron chi connectivity index (χ3n) is 9.05. The molecule has 0 atom stereocenters. The second-order valence-electron chi connectivity index (χ2n) is 12.0. The first-order chi connectivity index (χ1) is 22.2. The molecule has 10 nitrogen and oxygen atoms in total. The normalized spacial score (nSPS) is 16.1. The molecule has 0 saturated carbocycles. The van der Waals surface area contributed by atoms with Gasteiger partial charge in [0.2, 0.25) is 5.91 Å². The monoisotopic (exact) mass is 630 g/mol.